The zero-order valence-electron chi connectivity index (χ0n) is 17.6. The minimum atomic E-state index is -0.565. The number of hydrogen-bond donors (Lipinski definition) is 0. The summed E-state index contributed by atoms with van der Waals surface area (Å²) in [7, 11) is 2.74. The Balaban J connectivity index is 1.87. The van der Waals surface area contributed by atoms with Gasteiger partial charge in [-0.1, -0.05) is 49.7 Å². The highest BCUT2D eigenvalue weighted by Crippen LogP contribution is 2.30. The molecule has 0 saturated carbocycles. The van der Waals surface area contributed by atoms with Gasteiger partial charge in [-0.15, -0.1) is 4.98 Å². The predicted octanol–water partition coefficient (Wildman–Crippen LogP) is 4.57. The van der Waals surface area contributed by atoms with Gasteiger partial charge in [0.05, 0.1) is 20.5 Å². The third kappa shape index (κ3) is 5.57. The van der Waals surface area contributed by atoms with Gasteiger partial charge in [-0.25, -0.2) is 4.79 Å². The van der Waals surface area contributed by atoms with Crippen molar-refractivity contribution < 1.29 is 23.7 Å². The summed E-state index contributed by atoms with van der Waals surface area (Å²) >= 11 is 0. The highest BCUT2D eigenvalue weighted by Gasteiger charge is 2.19. The van der Waals surface area contributed by atoms with Crippen molar-refractivity contribution in [3.63, 3.8) is 0 Å². The molecule has 0 fully saturated rings. The number of ether oxygens (including phenoxy) is 4. The summed E-state index contributed by atoms with van der Waals surface area (Å²) in [6.45, 7) is 2.10. The zero-order chi connectivity index (χ0) is 22.1. The third-order valence-corrected chi connectivity index (χ3v) is 4.24. The van der Waals surface area contributed by atoms with Gasteiger partial charge in [0.1, 0.15) is 23.4 Å². The van der Waals surface area contributed by atoms with E-state index in [9.17, 15) is 4.79 Å². The van der Waals surface area contributed by atoms with Gasteiger partial charge in [0, 0.05) is 5.56 Å². The summed E-state index contributed by atoms with van der Waals surface area (Å²) in [5.41, 5.74) is 1.72. The van der Waals surface area contributed by atoms with Crippen molar-refractivity contribution >= 4 is 11.5 Å². The third-order valence-electron chi connectivity index (χ3n) is 4.24. The van der Waals surface area contributed by atoms with Crippen LogP contribution < -0.4 is 9.47 Å². The van der Waals surface area contributed by atoms with Gasteiger partial charge >= 0.3 is 18.0 Å². The van der Waals surface area contributed by atoms with Crippen molar-refractivity contribution in [2.45, 2.75) is 19.8 Å². The molecule has 8 nitrogen and oxygen atoms in total. The van der Waals surface area contributed by atoms with Crippen molar-refractivity contribution in [1.82, 2.24) is 15.0 Å². The number of benzene rings is 2. The van der Waals surface area contributed by atoms with Crippen molar-refractivity contribution in [2.24, 2.45) is 0 Å². The molecular weight excluding hydrogens is 398 g/mol. The molecule has 2 aromatic carbocycles. The van der Waals surface area contributed by atoms with E-state index in [1.165, 1.54) is 26.8 Å². The Labute approximate surface area is 180 Å². The number of aryl methyl sites for hydroxylation is 1. The molecule has 0 spiro atoms. The lowest BCUT2D eigenvalue weighted by molar-refractivity contribution is -0.133. The number of hydrogen-bond acceptors (Lipinski definition) is 8. The Kier molecular flexibility index (Phi) is 7.53. The summed E-state index contributed by atoms with van der Waals surface area (Å²) in [5, 5.41) is 0. The van der Waals surface area contributed by atoms with Gasteiger partial charge in [0.25, 0.3) is 0 Å². The van der Waals surface area contributed by atoms with E-state index in [0.29, 0.717) is 17.1 Å². The molecule has 3 aromatic rings. The number of aromatic nitrogens is 3. The van der Waals surface area contributed by atoms with Gasteiger partial charge < -0.3 is 18.9 Å². The highest BCUT2D eigenvalue weighted by molar-refractivity contribution is 6.17. The summed E-state index contributed by atoms with van der Waals surface area (Å²) < 4.78 is 21.6. The van der Waals surface area contributed by atoms with E-state index in [2.05, 4.69) is 21.9 Å². The molecule has 0 unspecified atom stereocenters. The monoisotopic (exact) mass is 421 g/mol. The van der Waals surface area contributed by atoms with Crippen LogP contribution in [-0.2, 0) is 20.7 Å². The van der Waals surface area contributed by atoms with Crippen molar-refractivity contribution in [1.29, 1.82) is 0 Å². The fourth-order valence-corrected chi connectivity index (χ4v) is 2.87. The van der Waals surface area contributed by atoms with Gasteiger partial charge in [-0.3, -0.25) is 0 Å². The SMILES string of the molecule is CCCc1ccccc1Oc1ncnc(Oc2ccccc2/C(=C/OC)C(=O)OC)n1. The quantitative estimate of drug-likeness (QED) is 0.282. The topological polar surface area (TPSA) is 92.7 Å². The van der Waals surface area contributed by atoms with Gasteiger partial charge in [0.15, 0.2) is 0 Å². The van der Waals surface area contributed by atoms with Gasteiger partial charge in [-0.05, 0) is 24.1 Å². The van der Waals surface area contributed by atoms with E-state index >= 15 is 0 Å². The maximum Gasteiger partial charge on any atom is 0.341 e. The molecule has 0 amide bonds. The molecule has 31 heavy (non-hydrogen) atoms. The van der Waals surface area contributed by atoms with Crippen LogP contribution in [0.2, 0.25) is 0 Å². The Morgan fingerprint density at radius 2 is 1.58 bits per heavy atom. The fraction of sp³-hybridized carbons (Fsp3) is 0.217. The van der Waals surface area contributed by atoms with Crippen LogP contribution in [-0.4, -0.2) is 35.1 Å². The van der Waals surface area contributed by atoms with Crippen LogP contribution in [0.1, 0.15) is 24.5 Å². The molecule has 0 bridgehead atoms. The van der Waals surface area contributed by atoms with Crippen LogP contribution in [0, 0.1) is 0 Å². The van der Waals surface area contributed by atoms with Crippen LogP contribution in [0.15, 0.2) is 61.1 Å². The van der Waals surface area contributed by atoms with Crippen LogP contribution in [0.3, 0.4) is 0 Å². The second-order valence-corrected chi connectivity index (χ2v) is 6.37. The van der Waals surface area contributed by atoms with Gasteiger partial charge in [-0.2, -0.15) is 9.97 Å². The highest BCUT2D eigenvalue weighted by atomic mass is 16.5. The summed E-state index contributed by atoms with van der Waals surface area (Å²) in [5.74, 6) is 0.461. The van der Waals surface area contributed by atoms with E-state index in [-0.39, 0.29) is 17.6 Å². The molecule has 0 aliphatic rings. The molecule has 0 saturated heterocycles. The number of nitrogens with zero attached hydrogens (tertiary/aromatic N) is 3. The van der Waals surface area contributed by atoms with Crippen molar-refractivity contribution in [3.8, 4) is 23.5 Å². The lowest BCUT2D eigenvalue weighted by Gasteiger charge is -2.12. The second-order valence-electron chi connectivity index (χ2n) is 6.37. The van der Waals surface area contributed by atoms with Crippen LogP contribution in [0.5, 0.6) is 23.5 Å². The number of carbonyl (C=O) groups is 1. The largest absolute Gasteiger partial charge is 0.503 e. The molecule has 0 N–H and O–H groups in total. The summed E-state index contributed by atoms with van der Waals surface area (Å²) in [6, 6.07) is 14.8. The van der Waals surface area contributed by atoms with Crippen LogP contribution >= 0.6 is 0 Å². The van der Waals surface area contributed by atoms with E-state index in [1.807, 2.05) is 24.3 Å². The van der Waals surface area contributed by atoms with Crippen molar-refractivity contribution in [2.75, 3.05) is 14.2 Å². The maximum atomic E-state index is 12.2. The first-order chi connectivity index (χ1) is 15.2. The van der Waals surface area contributed by atoms with E-state index in [4.69, 9.17) is 18.9 Å². The lowest BCUT2D eigenvalue weighted by atomic mass is 10.1. The maximum absolute atomic E-state index is 12.2. The second kappa shape index (κ2) is 10.7. The normalized spacial score (nSPS) is 11.0. The van der Waals surface area contributed by atoms with E-state index in [0.717, 1.165) is 18.4 Å². The molecule has 0 radical (unpaired) electrons. The molecule has 3 rings (SSSR count). The van der Waals surface area contributed by atoms with Crippen LogP contribution in [0.25, 0.3) is 5.57 Å². The number of methoxy groups -OCH3 is 2. The molecule has 0 aliphatic heterocycles. The lowest BCUT2D eigenvalue weighted by Crippen LogP contribution is -2.06. The first-order valence-corrected chi connectivity index (χ1v) is 9.69. The van der Waals surface area contributed by atoms with E-state index < -0.39 is 5.97 Å². The number of carbonyl (C=O) groups excluding carboxylic acids is 1. The zero-order valence-corrected chi connectivity index (χ0v) is 17.6. The molecule has 0 atom stereocenters. The fourth-order valence-electron chi connectivity index (χ4n) is 2.87. The number of rotatable bonds is 9. The molecule has 1 aromatic heterocycles. The summed E-state index contributed by atoms with van der Waals surface area (Å²) in [6.07, 6.45) is 4.45. The van der Waals surface area contributed by atoms with Crippen LogP contribution in [0.4, 0.5) is 0 Å². The Hall–Kier alpha value is -3.94. The molecule has 8 heteroatoms. The minimum absolute atomic E-state index is 0.0204. The van der Waals surface area contributed by atoms with E-state index in [1.54, 1.807) is 24.3 Å². The smallest absolute Gasteiger partial charge is 0.341 e. The Morgan fingerprint density at radius 1 is 0.935 bits per heavy atom. The average molecular weight is 421 g/mol. The first kappa shape index (κ1) is 21.8. The van der Waals surface area contributed by atoms with Crippen molar-refractivity contribution in [3.05, 3.63) is 72.2 Å². The Morgan fingerprint density at radius 3 is 2.26 bits per heavy atom. The predicted molar refractivity (Wildman–Crippen MR) is 114 cm³/mol. The van der Waals surface area contributed by atoms with Gasteiger partial charge in [0.2, 0.25) is 0 Å². The summed E-state index contributed by atoms with van der Waals surface area (Å²) in [4.78, 5) is 24.5. The molecule has 160 valence electrons. The first-order valence-electron chi connectivity index (χ1n) is 9.69. The average Bonchev–Trinajstić information content (AvgIpc) is 2.79. The Bertz CT molecular complexity index is 1070. The number of esters is 1. The molecule has 0 aliphatic carbocycles. The standard InChI is InChI=1S/C23H23N3O5/c1-4-9-16-10-5-7-12-19(16)30-22-24-15-25-23(26-22)31-20-13-8-6-11-17(20)18(14-28-2)21(27)29-3/h5-8,10-15H,4,9H2,1-3H3/b18-14-. The molecule has 1 heterocycles. The molecular formula is C23H23N3O5. The minimum Gasteiger partial charge on any atom is -0.503 e. The number of para-hydroxylation sites is 2.